The largest absolute Gasteiger partial charge is 0.317 e. The number of unbranched alkanes of at least 4 members (excludes halogenated alkanes) is 2. The summed E-state index contributed by atoms with van der Waals surface area (Å²) in [5, 5.41) is 12.5. The molecule has 0 radical (unpaired) electrons. The first-order chi connectivity index (χ1) is 9.14. The van der Waals surface area contributed by atoms with Crippen molar-refractivity contribution in [3.05, 3.63) is 5.01 Å². The van der Waals surface area contributed by atoms with Crippen molar-refractivity contribution in [2.45, 2.75) is 63.8 Å². The van der Waals surface area contributed by atoms with E-state index in [4.69, 9.17) is 5.73 Å². The highest BCUT2D eigenvalue weighted by molar-refractivity contribution is 7.15. The van der Waals surface area contributed by atoms with Crippen molar-refractivity contribution in [3.8, 4) is 0 Å². The molecule has 2 rings (SSSR count). The predicted molar refractivity (Wildman–Crippen MR) is 77.2 cm³/mol. The van der Waals surface area contributed by atoms with Crippen LogP contribution in [0.5, 0.6) is 0 Å². The third-order valence-corrected chi connectivity index (χ3v) is 4.53. The molecule has 0 atom stereocenters. The molecular formula is C13H22N4OS. The van der Waals surface area contributed by atoms with Crippen LogP contribution >= 0.6 is 11.3 Å². The van der Waals surface area contributed by atoms with E-state index < -0.39 is 5.54 Å². The molecular weight excluding hydrogens is 260 g/mol. The number of amides is 1. The zero-order valence-electron chi connectivity index (χ0n) is 11.4. The molecule has 3 N–H and O–H groups in total. The third kappa shape index (κ3) is 3.73. The predicted octanol–water partition coefficient (Wildman–Crippen LogP) is 2.48. The fraction of sp³-hybridized carbons (Fsp3) is 0.769. The second-order valence-electron chi connectivity index (χ2n) is 5.28. The van der Waals surface area contributed by atoms with Gasteiger partial charge in [-0.2, -0.15) is 0 Å². The Bertz CT molecular complexity index is 426. The van der Waals surface area contributed by atoms with Crippen molar-refractivity contribution < 1.29 is 4.79 Å². The van der Waals surface area contributed by atoms with Gasteiger partial charge in [0.25, 0.3) is 0 Å². The molecule has 1 amide bonds. The molecule has 0 unspecified atom stereocenters. The van der Waals surface area contributed by atoms with Gasteiger partial charge in [-0.1, -0.05) is 43.9 Å². The first kappa shape index (κ1) is 14.4. The quantitative estimate of drug-likeness (QED) is 0.785. The van der Waals surface area contributed by atoms with Crippen molar-refractivity contribution in [2.24, 2.45) is 5.73 Å². The molecule has 19 heavy (non-hydrogen) atoms. The van der Waals surface area contributed by atoms with Gasteiger partial charge in [-0.05, 0) is 19.3 Å². The average Bonchev–Trinajstić information content (AvgIpc) is 3.00. The summed E-state index contributed by atoms with van der Waals surface area (Å²) < 4.78 is 0. The lowest BCUT2D eigenvalue weighted by Crippen LogP contribution is -2.48. The van der Waals surface area contributed by atoms with Gasteiger partial charge in [-0.25, -0.2) is 0 Å². The number of anilines is 1. The molecule has 6 heteroatoms. The van der Waals surface area contributed by atoms with Gasteiger partial charge < -0.3 is 5.73 Å². The molecule has 0 bridgehead atoms. The van der Waals surface area contributed by atoms with Crippen LogP contribution in [-0.2, 0) is 11.2 Å². The Labute approximate surface area is 118 Å². The van der Waals surface area contributed by atoms with E-state index in [1.54, 1.807) is 0 Å². The zero-order chi connectivity index (χ0) is 13.7. The highest BCUT2D eigenvalue weighted by Gasteiger charge is 2.37. The van der Waals surface area contributed by atoms with Crippen LogP contribution < -0.4 is 11.1 Å². The summed E-state index contributed by atoms with van der Waals surface area (Å²) >= 11 is 1.46. The maximum atomic E-state index is 12.1. The van der Waals surface area contributed by atoms with Gasteiger partial charge in [0.15, 0.2) is 0 Å². The van der Waals surface area contributed by atoms with E-state index in [-0.39, 0.29) is 5.91 Å². The Balaban J connectivity index is 1.87. The Morgan fingerprint density at radius 1 is 1.37 bits per heavy atom. The monoisotopic (exact) mass is 282 g/mol. The fourth-order valence-electron chi connectivity index (χ4n) is 2.39. The molecule has 0 saturated heterocycles. The Hall–Kier alpha value is -1.01. The summed E-state index contributed by atoms with van der Waals surface area (Å²) in [6.45, 7) is 2.17. The minimum Gasteiger partial charge on any atom is -0.317 e. The van der Waals surface area contributed by atoms with Crippen LogP contribution in [0.2, 0.25) is 0 Å². The summed E-state index contributed by atoms with van der Waals surface area (Å²) in [7, 11) is 0. The second-order valence-corrected chi connectivity index (χ2v) is 6.34. The fourth-order valence-corrected chi connectivity index (χ4v) is 3.16. The molecule has 1 aromatic heterocycles. The van der Waals surface area contributed by atoms with E-state index in [1.165, 1.54) is 24.2 Å². The first-order valence-corrected chi connectivity index (χ1v) is 7.88. The number of aromatic nitrogens is 2. The van der Waals surface area contributed by atoms with Crippen LogP contribution in [0.3, 0.4) is 0 Å². The average molecular weight is 282 g/mol. The number of carbonyl (C=O) groups excluding carboxylic acids is 1. The topological polar surface area (TPSA) is 80.9 Å². The number of aryl methyl sites for hydroxylation is 1. The second kappa shape index (κ2) is 6.43. The summed E-state index contributed by atoms with van der Waals surface area (Å²) in [5.74, 6) is -0.110. The van der Waals surface area contributed by atoms with Crippen molar-refractivity contribution in [1.29, 1.82) is 0 Å². The van der Waals surface area contributed by atoms with Crippen LogP contribution in [0, 0.1) is 0 Å². The first-order valence-electron chi connectivity index (χ1n) is 7.07. The number of hydrogen-bond donors (Lipinski definition) is 2. The third-order valence-electron chi connectivity index (χ3n) is 3.63. The van der Waals surface area contributed by atoms with E-state index in [2.05, 4.69) is 22.4 Å². The van der Waals surface area contributed by atoms with Gasteiger partial charge >= 0.3 is 0 Å². The van der Waals surface area contributed by atoms with Crippen LogP contribution in [0.1, 0.15) is 56.9 Å². The smallest absolute Gasteiger partial charge is 0.246 e. The van der Waals surface area contributed by atoms with Gasteiger partial charge in [-0.15, -0.1) is 10.2 Å². The number of hydrogen-bond acceptors (Lipinski definition) is 5. The van der Waals surface area contributed by atoms with Crippen LogP contribution in [0.4, 0.5) is 5.13 Å². The van der Waals surface area contributed by atoms with Crippen LogP contribution in [-0.4, -0.2) is 21.6 Å². The van der Waals surface area contributed by atoms with E-state index >= 15 is 0 Å². The number of nitrogens with two attached hydrogens (primary N) is 1. The van der Waals surface area contributed by atoms with Crippen LogP contribution in [0.15, 0.2) is 0 Å². The molecule has 106 valence electrons. The number of rotatable bonds is 6. The van der Waals surface area contributed by atoms with Gasteiger partial charge in [0.1, 0.15) is 5.01 Å². The highest BCUT2D eigenvalue weighted by atomic mass is 32.1. The van der Waals surface area contributed by atoms with Crippen molar-refractivity contribution >= 4 is 22.4 Å². The van der Waals surface area contributed by atoms with E-state index in [0.717, 1.165) is 43.5 Å². The minimum absolute atomic E-state index is 0.110. The lowest BCUT2D eigenvalue weighted by atomic mass is 9.98. The highest BCUT2D eigenvalue weighted by Crippen LogP contribution is 2.29. The molecule has 5 nitrogen and oxygen atoms in total. The van der Waals surface area contributed by atoms with E-state index in [9.17, 15) is 4.79 Å². The van der Waals surface area contributed by atoms with Gasteiger partial charge in [0.05, 0.1) is 5.54 Å². The number of carbonyl (C=O) groups is 1. The number of nitrogens with one attached hydrogen (secondary N) is 1. The Morgan fingerprint density at radius 2 is 2.11 bits per heavy atom. The molecule has 1 saturated carbocycles. The maximum Gasteiger partial charge on any atom is 0.246 e. The number of nitrogens with zero attached hydrogens (tertiary/aromatic N) is 2. The molecule has 1 aliphatic rings. The molecule has 1 aliphatic carbocycles. The summed E-state index contributed by atoms with van der Waals surface area (Å²) in [6.07, 6.45) is 8.05. The zero-order valence-corrected chi connectivity index (χ0v) is 12.3. The lowest BCUT2D eigenvalue weighted by Gasteiger charge is -2.20. The Morgan fingerprint density at radius 3 is 2.79 bits per heavy atom. The molecule has 1 aromatic rings. The van der Waals surface area contributed by atoms with E-state index in [0.29, 0.717) is 5.13 Å². The molecule has 0 spiro atoms. The molecule has 1 fully saturated rings. The molecule has 1 heterocycles. The molecule has 0 aliphatic heterocycles. The van der Waals surface area contributed by atoms with Crippen molar-refractivity contribution in [3.63, 3.8) is 0 Å². The summed E-state index contributed by atoms with van der Waals surface area (Å²) in [6, 6.07) is 0. The minimum atomic E-state index is -0.700. The van der Waals surface area contributed by atoms with E-state index in [1.807, 2.05) is 0 Å². The van der Waals surface area contributed by atoms with Crippen LogP contribution in [0.25, 0.3) is 0 Å². The van der Waals surface area contributed by atoms with Crippen molar-refractivity contribution in [2.75, 3.05) is 5.32 Å². The lowest BCUT2D eigenvalue weighted by molar-refractivity contribution is -0.121. The van der Waals surface area contributed by atoms with Crippen molar-refractivity contribution in [1.82, 2.24) is 10.2 Å². The maximum absolute atomic E-state index is 12.1. The Kier molecular flexibility index (Phi) is 4.87. The summed E-state index contributed by atoms with van der Waals surface area (Å²) in [4.78, 5) is 12.1. The molecule has 0 aromatic carbocycles. The van der Waals surface area contributed by atoms with Gasteiger partial charge in [0, 0.05) is 6.42 Å². The normalized spacial score (nSPS) is 17.6. The van der Waals surface area contributed by atoms with Gasteiger partial charge in [0.2, 0.25) is 11.0 Å². The van der Waals surface area contributed by atoms with Gasteiger partial charge in [-0.3, -0.25) is 10.1 Å². The standard InChI is InChI=1S/C13H22N4OS/c1-2-3-4-7-10-16-17-12(19-10)15-11(18)13(14)8-5-6-9-13/h2-9,14H2,1H3,(H,15,17,18). The SMILES string of the molecule is CCCCCc1nnc(NC(=O)C2(N)CCCC2)s1. The summed E-state index contributed by atoms with van der Waals surface area (Å²) in [5.41, 5.74) is 5.40.